The number of fused-ring (bicyclic) bond motifs is 1. The third kappa shape index (κ3) is 1.21. The molecule has 0 saturated heterocycles. The monoisotopic (exact) mass is 196 g/mol. The van der Waals surface area contributed by atoms with Crippen LogP contribution in [0.1, 0.15) is 0 Å². The molecule has 68 valence electrons. The van der Waals surface area contributed by atoms with E-state index >= 15 is 0 Å². The highest BCUT2D eigenvalue weighted by Crippen LogP contribution is 2.34. The standard InChI is InChI=1S/C8H8N2O2S/c1-11-5-3-4-6-7(8(5)12-2)9-10-13-6/h3-4H,1-2H3. The summed E-state index contributed by atoms with van der Waals surface area (Å²) >= 11 is 1.34. The van der Waals surface area contributed by atoms with E-state index in [4.69, 9.17) is 9.47 Å². The molecule has 1 heterocycles. The van der Waals surface area contributed by atoms with Crippen LogP contribution in [-0.4, -0.2) is 23.8 Å². The largest absolute Gasteiger partial charge is 0.493 e. The van der Waals surface area contributed by atoms with Crippen LogP contribution in [0.4, 0.5) is 0 Å². The van der Waals surface area contributed by atoms with Gasteiger partial charge in [-0.05, 0) is 23.7 Å². The van der Waals surface area contributed by atoms with Gasteiger partial charge in [-0.2, -0.15) is 0 Å². The Balaban J connectivity index is 2.74. The van der Waals surface area contributed by atoms with E-state index in [9.17, 15) is 0 Å². The maximum absolute atomic E-state index is 5.19. The second-order valence-electron chi connectivity index (χ2n) is 2.42. The van der Waals surface area contributed by atoms with Gasteiger partial charge in [0.25, 0.3) is 0 Å². The van der Waals surface area contributed by atoms with Crippen molar-refractivity contribution < 1.29 is 9.47 Å². The average Bonchev–Trinajstić information content (AvgIpc) is 2.63. The minimum absolute atomic E-state index is 0.647. The first-order valence-electron chi connectivity index (χ1n) is 3.70. The molecule has 0 radical (unpaired) electrons. The van der Waals surface area contributed by atoms with Gasteiger partial charge in [0.1, 0.15) is 0 Å². The third-order valence-electron chi connectivity index (χ3n) is 1.76. The summed E-state index contributed by atoms with van der Waals surface area (Å²) in [4.78, 5) is 0. The molecule has 0 bridgehead atoms. The fourth-order valence-electron chi connectivity index (χ4n) is 1.17. The van der Waals surface area contributed by atoms with Crippen LogP contribution >= 0.6 is 11.5 Å². The van der Waals surface area contributed by atoms with Crippen molar-refractivity contribution in [3.05, 3.63) is 12.1 Å². The Bertz CT molecular complexity index is 427. The van der Waals surface area contributed by atoms with Crippen LogP contribution in [0.5, 0.6) is 11.5 Å². The molecule has 5 heteroatoms. The van der Waals surface area contributed by atoms with Crippen LogP contribution in [0.25, 0.3) is 10.2 Å². The van der Waals surface area contributed by atoms with Crippen molar-refractivity contribution in [3.63, 3.8) is 0 Å². The minimum Gasteiger partial charge on any atom is -0.493 e. The van der Waals surface area contributed by atoms with Crippen molar-refractivity contribution in [2.75, 3.05) is 14.2 Å². The molecule has 0 unspecified atom stereocenters. The van der Waals surface area contributed by atoms with Crippen molar-refractivity contribution in [3.8, 4) is 11.5 Å². The predicted octanol–water partition coefficient (Wildman–Crippen LogP) is 1.71. The van der Waals surface area contributed by atoms with Crippen LogP contribution in [-0.2, 0) is 0 Å². The van der Waals surface area contributed by atoms with Gasteiger partial charge < -0.3 is 9.47 Å². The Kier molecular flexibility index (Phi) is 2.02. The van der Waals surface area contributed by atoms with Crippen molar-refractivity contribution in [2.45, 2.75) is 0 Å². The quantitative estimate of drug-likeness (QED) is 0.733. The molecular weight excluding hydrogens is 188 g/mol. The van der Waals surface area contributed by atoms with Gasteiger partial charge in [0.15, 0.2) is 17.0 Å². The molecule has 0 saturated carbocycles. The van der Waals surface area contributed by atoms with E-state index < -0.39 is 0 Å². The number of nitrogens with zero attached hydrogens (tertiary/aromatic N) is 2. The van der Waals surface area contributed by atoms with Gasteiger partial charge in [-0.15, -0.1) is 5.10 Å². The average molecular weight is 196 g/mol. The van der Waals surface area contributed by atoms with Crippen LogP contribution in [0.3, 0.4) is 0 Å². The van der Waals surface area contributed by atoms with E-state index in [1.54, 1.807) is 14.2 Å². The summed E-state index contributed by atoms with van der Waals surface area (Å²) in [7, 11) is 3.19. The van der Waals surface area contributed by atoms with E-state index in [0.29, 0.717) is 11.5 Å². The summed E-state index contributed by atoms with van der Waals surface area (Å²) in [5.41, 5.74) is 0.756. The molecule has 0 spiro atoms. The van der Waals surface area contributed by atoms with Crippen LogP contribution in [0.2, 0.25) is 0 Å². The van der Waals surface area contributed by atoms with Crippen LogP contribution < -0.4 is 9.47 Å². The number of benzene rings is 1. The first kappa shape index (κ1) is 8.25. The molecule has 0 atom stereocenters. The molecule has 1 aromatic carbocycles. The number of methoxy groups -OCH3 is 2. The minimum atomic E-state index is 0.647. The van der Waals surface area contributed by atoms with Gasteiger partial charge in [-0.1, -0.05) is 4.49 Å². The lowest BCUT2D eigenvalue weighted by atomic mass is 10.3. The van der Waals surface area contributed by atoms with Crippen molar-refractivity contribution in [1.29, 1.82) is 0 Å². The zero-order valence-corrected chi connectivity index (χ0v) is 8.09. The van der Waals surface area contributed by atoms with Crippen molar-refractivity contribution in [1.82, 2.24) is 9.59 Å². The topological polar surface area (TPSA) is 44.2 Å². The van der Waals surface area contributed by atoms with Crippen LogP contribution in [0.15, 0.2) is 12.1 Å². The molecule has 0 N–H and O–H groups in total. The highest BCUT2D eigenvalue weighted by molar-refractivity contribution is 7.13. The van der Waals surface area contributed by atoms with Crippen molar-refractivity contribution in [2.24, 2.45) is 0 Å². The zero-order valence-electron chi connectivity index (χ0n) is 7.27. The fraction of sp³-hybridized carbons (Fsp3) is 0.250. The molecular formula is C8H8N2O2S. The summed E-state index contributed by atoms with van der Waals surface area (Å²) in [6, 6.07) is 3.77. The summed E-state index contributed by atoms with van der Waals surface area (Å²) in [5.74, 6) is 1.33. The summed E-state index contributed by atoms with van der Waals surface area (Å²) in [6.45, 7) is 0. The molecule has 0 fully saturated rings. The Morgan fingerprint density at radius 1 is 1.23 bits per heavy atom. The molecule has 0 aliphatic heterocycles. The lowest BCUT2D eigenvalue weighted by Gasteiger charge is -2.05. The normalized spacial score (nSPS) is 10.3. The first-order chi connectivity index (χ1) is 6.36. The van der Waals surface area contributed by atoms with Gasteiger partial charge in [0.2, 0.25) is 0 Å². The highest BCUT2D eigenvalue weighted by Gasteiger charge is 2.11. The van der Waals surface area contributed by atoms with Gasteiger partial charge in [-0.3, -0.25) is 0 Å². The fourth-order valence-corrected chi connectivity index (χ4v) is 1.73. The van der Waals surface area contributed by atoms with E-state index in [-0.39, 0.29) is 0 Å². The van der Waals surface area contributed by atoms with Crippen molar-refractivity contribution >= 4 is 21.7 Å². The van der Waals surface area contributed by atoms with E-state index in [0.717, 1.165) is 10.2 Å². The molecule has 2 aromatic rings. The molecule has 0 amide bonds. The summed E-state index contributed by atoms with van der Waals surface area (Å²) < 4.78 is 15.2. The molecule has 1 aromatic heterocycles. The van der Waals surface area contributed by atoms with E-state index in [2.05, 4.69) is 9.59 Å². The Morgan fingerprint density at radius 3 is 2.77 bits per heavy atom. The van der Waals surface area contributed by atoms with Gasteiger partial charge >= 0.3 is 0 Å². The zero-order chi connectivity index (χ0) is 9.26. The van der Waals surface area contributed by atoms with Gasteiger partial charge in [0.05, 0.1) is 18.9 Å². The Morgan fingerprint density at radius 2 is 2.08 bits per heavy atom. The molecule has 0 aliphatic carbocycles. The predicted molar refractivity (Wildman–Crippen MR) is 50.5 cm³/mol. The summed E-state index contributed by atoms with van der Waals surface area (Å²) in [6.07, 6.45) is 0. The number of hydrogen-bond acceptors (Lipinski definition) is 5. The van der Waals surface area contributed by atoms with Crippen LogP contribution in [0, 0.1) is 0 Å². The maximum Gasteiger partial charge on any atom is 0.190 e. The van der Waals surface area contributed by atoms with E-state index in [1.165, 1.54) is 11.5 Å². The van der Waals surface area contributed by atoms with Gasteiger partial charge in [0, 0.05) is 0 Å². The highest BCUT2D eigenvalue weighted by atomic mass is 32.1. The second-order valence-corrected chi connectivity index (χ2v) is 3.21. The lowest BCUT2D eigenvalue weighted by molar-refractivity contribution is 0.358. The first-order valence-corrected chi connectivity index (χ1v) is 4.47. The molecule has 13 heavy (non-hydrogen) atoms. The Labute approximate surface area is 79.3 Å². The molecule has 4 nitrogen and oxygen atoms in total. The lowest BCUT2D eigenvalue weighted by Crippen LogP contribution is -1.90. The number of ether oxygens (including phenoxy) is 2. The maximum atomic E-state index is 5.19. The van der Waals surface area contributed by atoms with Gasteiger partial charge in [-0.25, -0.2) is 0 Å². The second kappa shape index (κ2) is 3.18. The number of hydrogen-bond donors (Lipinski definition) is 0. The van der Waals surface area contributed by atoms with E-state index in [1.807, 2.05) is 12.1 Å². The number of aromatic nitrogens is 2. The third-order valence-corrected chi connectivity index (χ3v) is 2.45. The number of rotatable bonds is 2. The molecule has 2 rings (SSSR count). The molecule has 0 aliphatic rings. The smallest absolute Gasteiger partial charge is 0.190 e. The Hall–Kier alpha value is -1.36. The SMILES string of the molecule is COc1ccc2snnc2c1OC. The summed E-state index contributed by atoms with van der Waals surface area (Å²) in [5, 5.41) is 3.96.